The van der Waals surface area contributed by atoms with Crippen molar-refractivity contribution < 1.29 is 19.1 Å². The Balaban J connectivity index is 0. The van der Waals surface area contributed by atoms with Crippen LogP contribution in [0.2, 0.25) is 0 Å². The highest BCUT2D eigenvalue weighted by Gasteiger charge is 2.06. The molecule has 4 nitrogen and oxygen atoms in total. The molecule has 0 saturated heterocycles. The summed E-state index contributed by atoms with van der Waals surface area (Å²) in [6.45, 7) is 5.48. The average Bonchev–Trinajstić information content (AvgIpc) is 2.64. The van der Waals surface area contributed by atoms with Gasteiger partial charge in [0, 0.05) is 12.8 Å². The molecule has 0 aliphatic rings. The van der Waals surface area contributed by atoms with Crippen molar-refractivity contribution in [2.24, 2.45) is 0 Å². The average molecular weight is 407 g/mol. The SMILES string of the molecule is CCCCCCCCOC(=O)CCCCC(=O)OCCCCCCCC.Cl. The second kappa shape index (κ2) is 23.3. The summed E-state index contributed by atoms with van der Waals surface area (Å²) in [6, 6.07) is 0. The topological polar surface area (TPSA) is 52.6 Å². The fourth-order valence-corrected chi connectivity index (χ4v) is 2.82. The van der Waals surface area contributed by atoms with Gasteiger partial charge in [-0.25, -0.2) is 0 Å². The van der Waals surface area contributed by atoms with Crippen molar-refractivity contribution in [3.8, 4) is 0 Å². The van der Waals surface area contributed by atoms with Crippen molar-refractivity contribution in [3.63, 3.8) is 0 Å². The Morgan fingerprint density at radius 3 is 1.22 bits per heavy atom. The minimum Gasteiger partial charge on any atom is -0.466 e. The van der Waals surface area contributed by atoms with Gasteiger partial charge in [-0.2, -0.15) is 0 Å². The highest BCUT2D eigenvalue weighted by atomic mass is 35.5. The molecule has 0 aliphatic heterocycles. The fourth-order valence-electron chi connectivity index (χ4n) is 2.82. The molecule has 0 radical (unpaired) electrons. The molecule has 0 heterocycles. The van der Waals surface area contributed by atoms with Crippen molar-refractivity contribution in [2.45, 2.75) is 117 Å². The molecule has 0 saturated carbocycles. The lowest BCUT2D eigenvalue weighted by molar-refractivity contribution is -0.146. The van der Waals surface area contributed by atoms with Gasteiger partial charge in [-0.05, 0) is 25.7 Å². The van der Waals surface area contributed by atoms with E-state index in [9.17, 15) is 9.59 Å². The summed E-state index contributed by atoms with van der Waals surface area (Å²) in [6.07, 6.45) is 16.5. The predicted molar refractivity (Wildman–Crippen MR) is 114 cm³/mol. The normalized spacial score (nSPS) is 10.3. The molecule has 0 spiro atoms. The van der Waals surface area contributed by atoms with Crippen LogP contribution >= 0.6 is 12.4 Å². The summed E-state index contributed by atoms with van der Waals surface area (Å²) in [5.74, 6) is -0.280. The Morgan fingerprint density at radius 1 is 0.519 bits per heavy atom. The van der Waals surface area contributed by atoms with Gasteiger partial charge in [0.15, 0.2) is 0 Å². The van der Waals surface area contributed by atoms with E-state index >= 15 is 0 Å². The Morgan fingerprint density at radius 2 is 0.852 bits per heavy atom. The lowest BCUT2D eigenvalue weighted by Gasteiger charge is -2.06. The van der Waals surface area contributed by atoms with Crippen LogP contribution in [-0.4, -0.2) is 25.2 Å². The van der Waals surface area contributed by atoms with Crippen molar-refractivity contribution in [2.75, 3.05) is 13.2 Å². The van der Waals surface area contributed by atoms with E-state index < -0.39 is 0 Å². The fraction of sp³-hybridized carbons (Fsp3) is 0.909. The number of esters is 2. The first kappa shape index (κ1) is 28.4. The maximum Gasteiger partial charge on any atom is 0.305 e. The smallest absolute Gasteiger partial charge is 0.305 e. The van der Waals surface area contributed by atoms with E-state index in [1.54, 1.807) is 0 Å². The lowest BCUT2D eigenvalue weighted by atomic mass is 10.1. The maximum absolute atomic E-state index is 11.6. The van der Waals surface area contributed by atoms with Gasteiger partial charge in [0.2, 0.25) is 0 Å². The van der Waals surface area contributed by atoms with Crippen LogP contribution in [0.15, 0.2) is 0 Å². The van der Waals surface area contributed by atoms with Gasteiger partial charge in [-0.3, -0.25) is 9.59 Å². The highest BCUT2D eigenvalue weighted by Crippen LogP contribution is 2.08. The van der Waals surface area contributed by atoms with E-state index in [1.807, 2.05) is 0 Å². The third-order valence-corrected chi connectivity index (χ3v) is 4.53. The molecule has 162 valence electrons. The van der Waals surface area contributed by atoms with Crippen LogP contribution < -0.4 is 0 Å². The summed E-state index contributed by atoms with van der Waals surface area (Å²) in [5.41, 5.74) is 0. The third-order valence-electron chi connectivity index (χ3n) is 4.53. The third kappa shape index (κ3) is 23.2. The van der Waals surface area contributed by atoms with Crippen molar-refractivity contribution >= 4 is 24.3 Å². The van der Waals surface area contributed by atoms with Gasteiger partial charge in [-0.15, -0.1) is 12.4 Å². The zero-order chi connectivity index (χ0) is 19.3. The quantitative estimate of drug-likeness (QED) is 0.175. The number of carbonyl (C=O) groups excluding carboxylic acids is 2. The standard InChI is InChI=1S/C22H42O4.ClH/c1-3-5-7-9-11-15-19-25-21(23)17-13-14-18-22(24)26-20-16-12-10-8-6-4-2;/h3-20H2,1-2H3;1H. The molecule has 0 aliphatic carbocycles. The van der Waals surface area contributed by atoms with Gasteiger partial charge in [0.25, 0.3) is 0 Å². The van der Waals surface area contributed by atoms with Crippen molar-refractivity contribution in [3.05, 3.63) is 0 Å². The van der Waals surface area contributed by atoms with Gasteiger partial charge in [0.1, 0.15) is 0 Å². The predicted octanol–water partition coefficient (Wildman–Crippen LogP) is 6.78. The minimum absolute atomic E-state index is 0. The number of unbranched alkanes of at least 4 members (excludes halogenated alkanes) is 11. The second-order valence-electron chi connectivity index (χ2n) is 7.18. The van der Waals surface area contributed by atoms with E-state index in [0.29, 0.717) is 38.9 Å². The van der Waals surface area contributed by atoms with Crippen molar-refractivity contribution in [1.82, 2.24) is 0 Å². The molecule has 0 fully saturated rings. The zero-order valence-corrected chi connectivity index (χ0v) is 18.6. The lowest BCUT2D eigenvalue weighted by Crippen LogP contribution is -2.08. The monoisotopic (exact) mass is 406 g/mol. The van der Waals surface area contributed by atoms with Crippen LogP contribution in [0.1, 0.15) is 117 Å². The minimum atomic E-state index is -0.140. The molecule has 0 N–H and O–H groups in total. The molecule has 0 unspecified atom stereocenters. The summed E-state index contributed by atoms with van der Waals surface area (Å²) in [4.78, 5) is 23.2. The van der Waals surface area contributed by atoms with E-state index in [4.69, 9.17) is 9.47 Å². The van der Waals surface area contributed by atoms with Crippen LogP contribution in [0.4, 0.5) is 0 Å². The Labute approximate surface area is 173 Å². The first-order valence-corrected chi connectivity index (χ1v) is 11.0. The number of hydrogen-bond acceptors (Lipinski definition) is 4. The molecule has 27 heavy (non-hydrogen) atoms. The maximum atomic E-state index is 11.6. The molecule has 5 heteroatoms. The molecular formula is C22H43ClO4. The van der Waals surface area contributed by atoms with Gasteiger partial charge >= 0.3 is 11.9 Å². The molecule has 0 rings (SSSR count). The molecule has 0 bridgehead atoms. The van der Waals surface area contributed by atoms with E-state index in [0.717, 1.165) is 25.7 Å². The largest absolute Gasteiger partial charge is 0.466 e. The van der Waals surface area contributed by atoms with Gasteiger partial charge < -0.3 is 9.47 Å². The first-order valence-electron chi connectivity index (χ1n) is 11.0. The number of halogens is 1. The second-order valence-corrected chi connectivity index (χ2v) is 7.18. The van der Waals surface area contributed by atoms with Crippen LogP contribution in [0.3, 0.4) is 0 Å². The van der Waals surface area contributed by atoms with E-state index in [1.165, 1.54) is 51.4 Å². The van der Waals surface area contributed by atoms with Gasteiger partial charge in [-0.1, -0.05) is 78.1 Å². The Hall–Kier alpha value is -0.770. The number of rotatable bonds is 19. The van der Waals surface area contributed by atoms with Gasteiger partial charge in [0.05, 0.1) is 13.2 Å². The van der Waals surface area contributed by atoms with Crippen LogP contribution in [0, 0.1) is 0 Å². The summed E-state index contributed by atoms with van der Waals surface area (Å²) in [7, 11) is 0. The number of ether oxygens (including phenoxy) is 2. The van der Waals surface area contributed by atoms with Crippen LogP contribution in [-0.2, 0) is 19.1 Å². The first-order chi connectivity index (χ1) is 12.7. The molecule has 0 atom stereocenters. The summed E-state index contributed by atoms with van der Waals surface area (Å²) >= 11 is 0. The molecule has 0 aromatic rings. The highest BCUT2D eigenvalue weighted by molar-refractivity contribution is 5.85. The summed E-state index contributed by atoms with van der Waals surface area (Å²) < 4.78 is 10.4. The van der Waals surface area contributed by atoms with Crippen LogP contribution in [0.25, 0.3) is 0 Å². The summed E-state index contributed by atoms with van der Waals surface area (Å²) in [5, 5.41) is 0. The number of carbonyl (C=O) groups is 2. The molecular weight excluding hydrogens is 364 g/mol. The Kier molecular flexibility index (Phi) is 24.5. The molecule has 0 aromatic carbocycles. The van der Waals surface area contributed by atoms with E-state index in [2.05, 4.69) is 13.8 Å². The zero-order valence-electron chi connectivity index (χ0n) is 17.8. The van der Waals surface area contributed by atoms with Crippen LogP contribution in [0.5, 0.6) is 0 Å². The van der Waals surface area contributed by atoms with Crippen molar-refractivity contribution in [1.29, 1.82) is 0 Å². The molecule has 0 amide bonds. The number of hydrogen-bond donors (Lipinski definition) is 0. The Bertz CT molecular complexity index is 302. The van der Waals surface area contributed by atoms with E-state index in [-0.39, 0.29) is 24.3 Å². The molecule has 0 aromatic heterocycles.